The molecule has 0 aliphatic carbocycles. The van der Waals surface area contributed by atoms with Crippen LogP contribution in [0.25, 0.3) is 0 Å². The second-order valence-electron chi connectivity index (χ2n) is 2.73. The van der Waals surface area contributed by atoms with Gasteiger partial charge in [-0.3, -0.25) is 0 Å². The van der Waals surface area contributed by atoms with Crippen LogP contribution in [0.15, 0.2) is 6.07 Å². The Hall–Kier alpha value is -0.810. The summed E-state index contributed by atoms with van der Waals surface area (Å²) in [7, 11) is 1.91. The van der Waals surface area contributed by atoms with Gasteiger partial charge in [0.05, 0.1) is 6.61 Å². The third kappa shape index (κ3) is 1.86. The molecule has 4 nitrogen and oxygen atoms in total. The van der Waals surface area contributed by atoms with Crippen molar-refractivity contribution in [3.8, 4) is 0 Å². The highest BCUT2D eigenvalue weighted by Crippen LogP contribution is 2.22. The van der Waals surface area contributed by atoms with Gasteiger partial charge in [-0.05, 0) is 18.5 Å². The molecule has 1 unspecified atom stereocenters. The minimum Gasteiger partial charge on any atom is -0.394 e. The Morgan fingerprint density at radius 2 is 2.50 bits per heavy atom. The molecular formula is C7H13N3OS. The number of rotatable bonds is 3. The van der Waals surface area contributed by atoms with E-state index in [0.29, 0.717) is 5.82 Å². The summed E-state index contributed by atoms with van der Waals surface area (Å²) < 4.78 is 3.95. The van der Waals surface area contributed by atoms with Crippen LogP contribution < -0.4 is 10.6 Å². The molecule has 5 heteroatoms. The number of nitrogens with two attached hydrogens (primary N) is 1. The van der Waals surface area contributed by atoms with Gasteiger partial charge in [0, 0.05) is 19.2 Å². The summed E-state index contributed by atoms with van der Waals surface area (Å²) in [5.41, 5.74) is 5.47. The molecule has 0 saturated heterocycles. The normalized spacial score (nSPS) is 12.9. The number of hydrogen-bond acceptors (Lipinski definition) is 5. The van der Waals surface area contributed by atoms with Crippen molar-refractivity contribution in [2.24, 2.45) is 0 Å². The molecule has 1 atom stereocenters. The zero-order valence-corrected chi connectivity index (χ0v) is 8.01. The Morgan fingerprint density at radius 1 is 1.83 bits per heavy atom. The van der Waals surface area contributed by atoms with Crippen LogP contribution in [0.1, 0.15) is 6.92 Å². The predicted molar refractivity (Wildman–Crippen MR) is 51.5 cm³/mol. The lowest BCUT2D eigenvalue weighted by atomic mass is 10.3. The zero-order chi connectivity index (χ0) is 9.14. The van der Waals surface area contributed by atoms with E-state index in [2.05, 4.69) is 4.37 Å². The molecule has 12 heavy (non-hydrogen) atoms. The summed E-state index contributed by atoms with van der Waals surface area (Å²) in [6.45, 7) is 2.07. The van der Waals surface area contributed by atoms with E-state index in [4.69, 9.17) is 10.8 Å². The number of likely N-dealkylation sites (N-methyl/N-ethyl adjacent to an activating group) is 1. The summed E-state index contributed by atoms with van der Waals surface area (Å²) >= 11 is 1.34. The summed E-state index contributed by atoms with van der Waals surface area (Å²) in [6.07, 6.45) is 0. The van der Waals surface area contributed by atoms with Crippen LogP contribution in [0.3, 0.4) is 0 Å². The maximum absolute atomic E-state index is 8.88. The number of hydrogen-bond donors (Lipinski definition) is 2. The van der Waals surface area contributed by atoms with Crippen LogP contribution in [0.2, 0.25) is 0 Å². The van der Waals surface area contributed by atoms with Crippen LogP contribution in [-0.2, 0) is 0 Å². The number of anilines is 2. The van der Waals surface area contributed by atoms with Crippen molar-refractivity contribution in [1.82, 2.24) is 4.37 Å². The molecule has 0 saturated carbocycles. The quantitative estimate of drug-likeness (QED) is 0.725. The maximum atomic E-state index is 8.88. The van der Waals surface area contributed by atoms with Crippen LogP contribution in [0.5, 0.6) is 0 Å². The highest BCUT2D eigenvalue weighted by atomic mass is 32.1. The van der Waals surface area contributed by atoms with E-state index in [1.807, 2.05) is 18.9 Å². The first-order chi connectivity index (χ1) is 5.65. The molecule has 68 valence electrons. The van der Waals surface area contributed by atoms with E-state index in [1.54, 1.807) is 6.07 Å². The van der Waals surface area contributed by atoms with Gasteiger partial charge in [0.25, 0.3) is 0 Å². The molecule has 3 N–H and O–H groups in total. The van der Waals surface area contributed by atoms with Crippen molar-refractivity contribution in [3.63, 3.8) is 0 Å². The Balaban J connectivity index is 2.70. The first-order valence-corrected chi connectivity index (χ1v) is 4.48. The smallest absolute Gasteiger partial charge is 0.139 e. The number of aliphatic hydroxyl groups is 1. The van der Waals surface area contributed by atoms with Crippen LogP contribution >= 0.6 is 11.5 Å². The van der Waals surface area contributed by atoms with Crippen molar-refractivity contribution in [2.45, 2.75) is 13.0 Å². The van der Waals surface area contributed by atoms with Crippen molar-refractivity contribution >= 4 is 22.4 Å². The van der Waals surface area contributed by atoms with Gasteiger partial charge in [0.1, 0.15) is 10.8 Å². The molecule has 0 fully saturated rings. The first-order valence-electron chi connectivity index (χ1n) is 3.71. The average molecular weight is 187 g/mol. The monoisotopic (exact) mass is 187 g/mol. The standard InChI is InChI=1S/C7H13N3OS/c1-5(4-11)10(2)7-3-6(8)9-12-7/h3,5,11H,4H2,1-2H3,(H2,8,9). The molecule has 1 rings (SSSR count). The van der Waals surface area contributed by atoms with Crippen LogP contribution in [-0.4, -0.2) is 29.2 Å². The van der Waals surface area contributed by atoms with E-state index in [-0.39, 0.29) is 12.6 Å². The molecule has 1 aromatic heterocycles. The second-order valence-corrected chi connectivity index (χ2v) is 3.52. The molecule has 0 aliphatic heterocycles. The third-order valence-corrected chi connectivity index (χ3v) is 2.68. The van der Waals surface area contributed by atoms with Crippen molar-refractivity contribution in [3.05, 3.63) is 6.07 Å². The fraction of sp³-hybridized carbons (Fsp3) is 0.571. The molecule has 1 aromatic rings. The average Bonchev–Trinajstić information content (AvgIpc) is 2.49. The SMILES string of the molecule is CC(CO)N(C)c1cc(N)ns1. The van der Waals surface area contributed by atoms with E-state index in [1.165, 1.54) is 11.5 Å². The predicted octanol–water partition coefficient (Wildman–Crippen LogP) is 0.542. The lowest BCUT2D eigenvalue weighted by Gasteiger charge is -2.22. The van der Waals surface area contributed by atoms with Crippen LogP contribution in [0, 0.1) is 0 Å². The molecule has 0 amide bonds. The van der Waals surface area contributed by atoms with Crippen molar-refractivity contribution in [2.75, 3.05) is 24.3 Å². The minimum atomic E-state index is 0.102. The van der Waals surface area contributed by atoms with Gasteiger partial charge in [-0.2, -0.15) is 4.37 Å². The maximum Gasteiger partial charge on any atom is 0.139 e. The fourth-order valence-electron chi connectivity index (χ4n) is 0.785. The van der Waals surface area contributed by atoms with E-state index >= 15 is 0 Å². The van der Waals surface area contributed by atoms with Crippen molar-refractivity contribution in [1.29, 1.82) is 0 Å². The zero-order valence-electron chi connectivity index (χ0n) is 7.19. The highest BCUT2D eigenvalue weighted by Gasteiger charge is 2.10. The fourth-order valence-corrected chi connectivity index (χ4v) is 1.52. The minimum absolute atomic E-state index is 0.102. The van der Waals surface area contributed by atoms with Gasteiger partial charge in [-0.25, -0.2) is 0 Å². The Labute approximate surface area is 75.8 Å². The molecule has 0 bridgehead atoms. The van der Waals surface area contributed by atoms with Gasteiger partial charge < -0.3 is 15.7 Å². The first kappa shape index (κ1) is 9.28. The number of aliphatic hydroxyl groups excluding tert-OH is 1. The molecule has 0 aliphatic rings. The van der Waals surface area contributed by atoms with Gasteiger partial charge in [0.2, 0.25) is 0 Å². The van der Waals surface area contributed by atoms with Crippen molar-refractivity contribution < 1.29 is 5.11 Å². The van der Waals surface area contributed by atoms with Crippen LogP contribution in [0.4, 0.5) is 10.8 Å². The summed E-state index contributed by atoms with van der Waals surface area (Å²) in [5, 5.41) is 9.87. The number of nitrogen functional groups attached to an aromatic ring is 1. The Morgan fingerprint density at radius 3 is 2.92 bits per heavy atom. The third-order valence-electron chi connectivity index (χ3n) is 1.79. The van der Waals surface area contributed by atoms with Gasteiger partial charge >= 0.3 is 0 Å². The van der Waals surface area contributed by atoms with Gasteiger partial charge in [0.15, 0.2) is 0 Å². The molecule has 0 aromatic carbocycles. The molecule has 0 spiro atoms. The lowest BCUT2D eigenvalue weighted by molar-refractivity contribution is 0.270. The van der Waals surface area contributed by atoms with Gasteiger partial charge in [-0.15, -0.1) is 0 Å². The molecular weight excluding hydrogens is 174 g/mol. The summed E-state index contributed by atoms with van der Waals surface area (Å²) in [6, 6.07) is 1.90. The topological polar surface area (TPSA) is 62.4 Å². The number of aromatic nitrogens is 1. The van der Waals surface area contributed by atoms with Gasteiger partial charge in [-0.1, -0.05) is 0 Å². The van der Waals surface area contributed by atoms with E-state index in [0.717, 1.165) is 5.00 Å². The number of nitrogens with zero attached hydrogens (tertiary/aromatic N) is 2. The largest absolute Gasteiger partial charge is 0.394 e. The Bertz CT molecular complexity index is 251. The summed E-state index contributed by atoms with van der Waals surface area (Å²) in [4.78, 5) is 1.95. The highest BCUT2D eigenvalue weighted by molar-refractivity contribution is 7.10. The van der Waals surface area contributed by atoms with E-state index < -0.39 is 0 Å². The molecule has 1 heterocycles. The summed E-state index contributed by atoms with van der Waals surface area (Å²) in [5.74, 6) is 0.534. The lowest BCUT2D eigenvalue weighted by Crippen LogP contribution is -2.30. The Kier molecular flexibility index (Phi) is 2.88. The molecule has 0 radical (unpaired) electrons. The van der Waals surface area contributed by atoms with E-state index in [9.17, 15) is 0 Å². The second kappa shape index (κ2) is 3.73.